The number of hydrogen-bond acceptors (Lipinski definition) is 6. The van der Waals surface area contributed by atoms with Crippen molar-refractivity contribution >= 4 is 28.1 Å². The fraction of sp³-hybridized carbons (Fsp3) is 0.211. The first kappa shape index (κ1) is 18.5. The van der Waals surface area contributed by atoms with E-state index in [0.717, 1.165) is 16.5 Å². The maximum Gasteiger partial charge on any atom is 0.242 e. The van der Waals surface area contributed by atoms with Crippen LogP contribution in [0.3, 0.4) is 0 Å². The van der Waals surface area contributed by atoms with Crippen LogP contribution in [0.2, 0.25) is 0 Å². The average molecular weight is 401 g/mol. The zero-order valence-corrected chi connectivity index (χ0v) is 15.7. The van der Waals surface area contributed by atoms with Gasteiger partial charge in [-0.05, 0) is 34.9 Å². The van der Waals surface area contributed by atoms with Crippen molar-refractivity contribution in [1.29, 1.82) is 0 Å². The van der Waals surface area contributed by atoms with Gasteiger partial charge < -0.3 is 23.7 Å². The minimum Gasteiger partial charge on any atom is -0.755 e. The molecule has 2 unspecified atom stereocenters. The smallest absolute Gasteiger partial charge is 0.242 e. The topological polar surface area (TPSA) is 113 Å². The Labute approximate surface area is 163 Å². The second-order valence-electron chi connectivity index (χ2n) is 6.45. The molecule has 1 aliphatic heterocycles. The van der Waals surface area contributed by atoms with Crippen LogP contribution >= 0.6 is 0 Å². The predicted octanol–water partition coefficient (Wildman–Crippen LogP) is 1.44. The Bertz CT molecular complexity index is 1090. The Morgan fingerprint density at radius 1 is 1.29 bits per heavy atom. The molecule has 2 atom stereocenters. The molecule has 1 aliphatic rings. The molecular weight excluding hydrogens is 384 g/mol. The van der Waals surface area contributed by atoms with Crippen molar-refractivity contribution in [3.05, 3.63) is 59.3 Å². The number of aliphatic hydroxyl groups excluding tert-OH is 1. The number of nitrogens with one attached hydrogen (secondary N) is 1. The fourth-order valence-electron chi connectivity index (χ4n) is 3.50. The number of aryl methyl sites for hydroxylation is 1. The van der Waals surface area contributed by atoms with Crippen LogP contribution in [0, 0.1) is 0 Å². The second kappa shape index (κ2) is 7.27. The summed E-state index contributed by atoms with van der Waals surface area (Å²) in [6.07, 6.45) is 1.79. The monoisotopic (exact) mass is 401 g/mol. The number of aliphatic hydroxyl groups is 1. The molecule has 0 spiro atoms. The third-order valence-electron chi connectivity index (χ3n) is 4.76. The number of carbonyl (C=O) groups is 1. The van der Waals surface area contributed by atoms with Gasteiger partial charge in [-0.3, -0.25) is 13.7 Å². The molecule has 28 heavy (non-hydrogen) atoms. The zero-order chi connectivity index (χ0) is 19.8. The Morgan fingerprint density at radius 3 is 2.82 bits per heavy atom. The molecule has 9 heteroatoms. The highest BCUT2D eigenvalue weighted by atomic mass is 32.2. The molecule has 0 radical (unpaired) electrons. The summed E-state index contributed by atoms with van der Waals surface area (Å²) >= 11 is -2.74. The maximum absolute atomic E-state index is 12.8. The van der Waals surface area contributed by atoms with Crippen molar-refractivity contribution in [3.8, 4) is 11.5 Å². The second-order valence-corrected chi connectivity index (χ2v) is 7.13. The van der Waals surface area contributed by atoms with Crippen molar-refractivity contribution in [2.24, 2.45) is 7.05 Å². The Kier molecular flexibility index (Phi) is 4.80. The quantitative estimate of drug-likeness (QED) is 0.626. The lowest BCUT2D eigenvalue weighted by Crippen LogP contribution is -2.31. The first-order valence-electron chi connectivity index (χ1n) is 8.46. The molecule has 0 fully saturated rings. The van der Waals surface area contributed by atoms with Crippen LogP contribution in [-0.4, -0.2) is 31.1 Å². The largest absolute Gasteiger partial charge is 0.755 e. The van der Waals surface area contributed by atoms with Gasteiger partial charge in [-0.1, -0.05) is 18.2 Å². The molecule has 3 aromatic rings. The molecule has 2 aromatic carbocycles. The van der Waals surface area contributed by atoms with Gasteiger partial charge >= 0.3 is 0 Å². The average Bonchev–Trinajstić information content (AvgIpc) is 3.25. The van der Waals surface area contributed by atoms with Crippen LogP contribution in [0.15, 0.2) is 42.6 Å². The van der Waals surface area contributed by atoms with Crippen LogP contribution in [0.5, 0.6) is 11.5 Å². The van der Waals surface area contributed by atoms with Crippen LogP contribution in [0.4, 0.5) is 0 Å². The van der Waals surface area contributed by atoms with Crippen molar-refractivity contribution < 1.29 is 28.1 Å². The molecule has 0 aliphatic carbocycles. The zero-order valence-electron chi connectivity index (χ0n) is 14.9. The molecule has 0 saturated heterocycles. The van der Waals surface area contributed by atoms with E-state index >= 15 is 0 Å². The summed E-state index contributed by atoms with van der Waals surface area (Å²) in [6, 6.07) is 10.5. The standard InChI is InChI=1S/C19H18N2O6S/c1-21-8-14(13-4-2-11(9-22)6-15(13)21)18(19(23)20-28(24)25)12-3-5-16-17(7-12)27-10-26-16/h2-8,18,22H,9-10H2,1H3,(H,20,23)(H,24,25)/p-1. The lowest BCUT2D eigenvalue weighted by atomic mass is 9.90. The molecule has 8 nitrogen and oxygen atoms in total. The Balaban J connectivity index is 1.87. The van der Waals surface area contributed by atoms with E-state index in [9.17, 15) is 18.7 Å². The molecule has 1 amide bonds. The van der Waals surface area contributed by atoms with Crippen molar-refractivity contribution in [3.63, 3.8) is 0 Å². The third-order valence-corrected chi connectivity index (χ3v) is 5.12. The molecule has 2 N–H and O–H groups in total. The van der Waals surface area contributed by atoms with E-state index in [0.29, 0.717) is 22.6 Å². The van der Waals surface area contributed by atoms with E-state index in [2.05, 4.69) is 0 Å². The van der Waals surface area contributed by atoms with Gasteiger partial charge in [0.05, 0.1) is 12.5 Å². The summed E-state index contributed by atoms with van der Waals surface area (Å²) in [6.45, 7) is -0.00385. The molecule has 1 aromatic heterocycles. The van der Waals surface area contributed by atoms with E-state index in [1.54, 1.807) is 30.5 Å². The van der Waals surface area contributed by atoms with Gasteiger partial charge in [-0.2, -0.15) is 0 Å². The summed E-state index contributed by atoms with van der Waals surface area (Å²) in [5.41, 5.74) is 2.78. The third kappa shape index (κ3) is 3.24. The molecule has 146 valence electrons. The molecule has 0 bridgehead atoms. The number of benzene rings is 2. The maximum atomic E-state index is 12.8. The number of carbonyl (C=O) groups excluding carboxylic acids is 1. The van der Waals surface area contributed by atoms with Gasteiger partial charge in [0.1, 0.15) is 0 Å². The van der Waals surface area contributed by atoms with Gasteiger partial charge in [0.15, 0.2) is 11.5 Å². The van der Waals surface area contributed by atoms with E-state index in [4.69, 9.17) is 9.47 Å². The van der Waals surface area contributed by atoms with E-state index in [1.807, 2.05) is 28.5 Å². The van der Waals surface area contributed by atoms with E-state index < -0.39 is 23.1 Å². The van der Waals surface area contributed by atoms with Gasteiger partial charge in [0.2, 0.25) is 12.7 Å². The van der Waals surface area contributed by atoms with Gasteiger partial charge in [-0.15, -0.1) is 0 Å². The van der Waals surface area contributed by atoms with Gasteiger partial charge in [-0.25, -0.2) is 0 Å². The number of ether oxygens (including phenoxy) is 2. The summed E-state index contributed by atoms with van der Waals surface area (Å²) in [4.78, 5) is 12.8. The minimum atomic E-state index is -2.74. The summed E-state index contributed by atoms with van der Waals surface area (Å²) in [7, 11) is 1.83. The summed E-state index contributed by atoms with van der Waals surface area (Å²) in [5.74, 6) is -0.482. The summed E-state index contributed by atoms with van der Waals surface area (Å²) < 4.78 is 36.7. The van der Waals surface area contributed by atoms with E-state index in [1.165, 1.54) is 0 Å². The Hall–Kier alpha value is -2.88. The molecule has 2 heterocycles. The minimum absolute atomic E-state index is 0.0957. The van der Waals surface area contributed by atoms with Crippen molar-refractivity contribution in [2.75, 3.05) is 6.79 Å². The van der Waals surface area contributed by atoms with Crippen molar-refractivity contribution in [1.82, 2.24) is 9.29 Å². The lowest BCUT2D eigenvalue weighted by Gasteiger charge is -2.18. The van der Waals surface area contributed by atoms with Crippen molar-refractivity contribution in [2.45, 2.75) is 12.5 Å². The van der Waals surface area contributed by atoms with Gasteiger partial charge in [0.25, 0.3) is 0 Å². The van der Waals surface area contributed by atoms with E-state index in [-0.39, 0.29) is 13.4 Å². The van der Waals surface area contributed by atoms with Crippen LogP contribution in [0.25, 0.3) is 10.9 Å². The first-order valence-corrected chi connectivity index (χ1v) is 9.53. The number of fused-ring (bicyclic) bond motifs is 2. The van der Waals surface area contributed by atoms with Crippen LogP contribution < -0.4 is 14.2 Å². The number of hydrogen-bond donors (Lipinski definition) is 2. The normalized spacial score (nSPS) is 14.8. The number of nitrogens with zero attached hydrogens (tertiary/aromatic N) is 1. The summed E-state index contributed by atoms with van der Waals surface area (Å²) in [5, 5.41) is 10.2. The number of rotatable bonds is 5. The fourth-order valence-corrected chi connectivity index (χ4v) is 3.78. The number of amides is 1. The molecular formula is C19H17N2O6S-. The highest BCUT2D eigenvalue weighted by Crippen LogP contribution is 2.38. The molecule has 4 rings (SSSR count). The van der Waals surface area contributed by atoms with Gasteiger partial charge in [0, 0.05) is 35.4 Å². The highest BCUT2D eigenvalue weighted by molar-refractivity contribution is 7.77. The highest BCUT2D eigenvalue weighted by Gasteiger charge is 2.28. The predicted molar refractivity (Wildman–Crippen MR) is 100 cm³/mol. The van der Waals surface area contributed by atoms with Crippen LogP contribution in [-0.2, 0) is 29.7 Å². The molecule has 0 saturated carbocycles. The SMILES string of the molecule is Cn1cc(C(C(=O)NS(=O)[O-])c2ccc3c(c2)OCO3)c2ccc(CO)cc21. The van der Waals surface area contributed by atoms with Crippen LogP contribution in [0.1, 0.15) is 22.6 Å². The Morgan fingerprint density at radius 2 is 2.07 bits per heavy atom. The lowest BCUT2D eigenvalue weighted by molar-refractivity contribution is -0.119. The first-order chi connectivity index (χ1) is 13.5. The number of aromatic nitrogens is 1.